The van der Waals surface area contributed by atoms with Crippen LogP contribution in [-0.2, 0) is 10.0 Å². The second-order valence-corrected chi connectivity index (χ2v) is 8.39. The van der Waals surface area contributed by atoms with E-state index in [2.05, 4.69) is 4.98 Å². The van der Waals surface area contributed by atoms with Gasteiger partial charge in [-0.05, 0) is 36.4 Å². The first-order valence-electron chi connectivity index (χ1n) is 7.59. The molecule has 0 amide bonds. The van der Waals surface area contributed by atoms with Crippen LogP contribution in [0, 0.1) is 0 Å². The molecule has 0 spiro atoms. The molecule has 130 valence electrons. The van der Waals surface area contributed by atoms with Gasteiger partial charge in [-0.25, -0.2) is 22.2 Å². The minimum absolute atomic E-state index is 0.175. The Bertz CT molecular complexity index is 1220. The molecule has 8 heteroatoms. The van der Waals surface area contributed by atoms with Crippen molar-refractivity contribution in [3.05, 3.63) is 71.9 Å². The minimum Gasteiger partial charge on any atom is -0.477 e. The molecule has 0 aliphatic carbocycles. The molecule has 4 aromatic rings. The number of carboxylic acids is 1. The number of aromatic nitrogens is 2. The highest BCUT2D eigenvalue weighted by Gasteiger charge is 2.21. The molecule has 6 nitrogen and oxygen atoms in total. The smallest absolute Gasteiger partial charge is 0.345 e. The highest BCUT2D eigenvalue weighted by atomic mass is 32.2. The molecule has 1 aromatic carbocycles. The third kappa shape index (κ3) is 2.59. The molecule has 0 unspecified atom stereocenters. The fraction of sp³-hybridized carbons (Fsp3) is 0. The van der Waals surface area contributed by atoms with Crippen LogP contribution in [0.4, 0.5) is 0 Å². The van der Waals surface area contributed by atoms with Gasteiger partial charge in [-0.2, -0.15) is 0 Å². The molecule has 1 N–H and O–H groups in total. The zero-order valence-corrected chi connectivity index (χ0v) is 14.9. The van der Waals surface area contributed by atoms with Crippen LogP contribution in [0.2, 0.25) is 0 Å². The Kier molecular flexibility index (Phi) is 3.86. The molecule has 3 aromatic heterocycles. The van der Waals surface area contributed by atoms with Gasteiger partial charge in [0.25, 0.3) is 10.0 Å². The van der Waals surface area contributed by atoms with Crippen LogP contribution in [0.15, 0.2) is 71.9 Å². The Hall–Kier alpha value is -2.97. The van der Waals surface area contributed by atoms with E-state index in [1.807, 2.05) is 0 Å². The SMILES string of the molecule is O=C(O)c1ccc(-c2ccnc3c2ccn3S(=O)(=O)c2ccccc2)s1. The molecular weight excluding hydrogens is 372 g/mol. The molecule has 0 atom stereocenters. The lowest BCUT2D eigenvalue weighted by atomic mass is 10.1. The van der Waals surface area contributed by atoms with E-state index in [0.717, 1.165) is 25.7 Å². The lowest BCUT2D eigenvalue weighted by Crippen LogP contribution is -2.12. The summed E-state index contributed by atoms with van der Waals surface area (Å²) in [5.41, 5.74) is 1.05. The second-order valence-electron chi connectivity index (χ2n) is 5.49. The van der Waals surface area contributed by atoms with Crippen molar-refractivity contribution in [2.24, 2.45) is 0 Å². The largest absolute Gasteiger partial charge is 0.477 e. The maximum absolute atomic E-state index is 12.9. The van der Waals surface area contributed by atoms with Crippen LogP contribution in [0.5, 0.6) is 0 Å². The first kappa shape index (κ1) is 16.5. The molecule has 0 bridgehead atoms. The van der Waals surface area contributed by atoms with Gasteiger partial charge < -0.3 is 5.11 Å². The van der Waals surface area contributed by atoms with Gasteiger partial charge in [-0.15, -0.1) is 11.3 Å². The molecule has 0 aliphatic heterocycles. The van der Waals surface area contributed by atoms with E-state index < -0.39 is 16.0 Å². The van der Waals surface area contributed by atoms with E-state index in [0.29, 0.717) is 11.0 Å². The van der Waals surface area contributed by atoms with Crippen molar-refractivity contribution in [3.63, 3.8) is 0 Å². The van der Waals surface area contributed by atoms with Gasteiger partial charge >= 0.3 is 5.97 Å². The number of nitrogens with zero attached hydrogens (tertiary/aromatic N) is 2. The quantitative estimate of drug-likeness (QED) is 0.579. The number of thiophene rings is 1. The number of carboxylic acid groups (broad SMARTS) is 1. The van der Waals surface area contributed by atoms with Crippen molar-refractivity contribution in [2.45, 2.75) is 4.90 Å². The number of fused-ring (bicyclic) bond motifs is 1. The number of pyridine rings is 1. The number of carbonyl (C=O) groups is 1. The van der Waals surface area contributed by atoms with Gasteiger partial charge in [0.2, 0.25) is 0 Å². The molecule has 0 aliphatic rings. The maximum atomic E-state index is 12.9. The second kappa shape index (κ2) is 6.08. The predicted octanol–water partition coefficient (Wildman–Crippen LogP) is 3.70. The summed E-state index contributed by atoms with van der Waals surface area (Å²) < 4.78 is 26.9. The van der Waals surface area contributed by atoms with Crippen molar-refractivity contribution in [1.29, 1.82) is 0 Å². The van der Waals surface area contributed by atoms with E-state index in [9.17, 15) is 13.2 Å². The van der Waals surface area contributed by atoms with Crippen LogP contribution >= 0.6 is 11.3 Å². The van der Waals surface area contributed by atoms with E-state index in [4.69, 9.17) is 5.11 Å². The van der Waals surface area contributed by atoms with E-state index >= 15 is 0 Å². The summed E-state index contributed by atoms with van der Waals surface area (Å²) in [7, 11) is -3.77. The number of hydrogen-bond donors (Lipinski definition) is 1. The maximum Gasteiger partial charge on any atom is 0.345 e. The Morgan fingerprint density at radius 1 is 1.04 bits per heavy atom. The molecule has 0 radical (unpaired) electrons. The highest BCUT2D eigenvalue weighted by Crippen LogP contribution is 2.34. The van der Waals surface area contributed by atoms with Gasteiger partial charge in [-0.3, -0.25) is 0 Å². The molecule has 0 saturated carbocycles. The Labute approximate surface area is 153 Å². The summed E-state index contributed by atoms with van der Waals surface area (Å²) in [6, 6.07) is 14.8. The lowest BCUT2D eigenvalue weighted by molar-refractivity contribution is 0.0702. The standard InChI is InChI=1S/C18H12N2O4S2/c21-18(22)16-7-6-15(25-16)13-8-10-19-17-14(13)9-11-20(17)26(23,24)12-4-2-1-3-5-12/h1-11H,(H,21,22). The Balaban J connectivity index is 1.89. The molecule has 0 fully saturated rings. The lowest BCUT2D eigenvalue weighted by Gasteiger charge is -2.07. The molecule has 26 heavy (non-hydrogen) atoms. The van der Waals surface area contributed by atoms with Crippen LogP contribution in [0.25, 0.3) is 21.5 Å². The average Bonchev–Trinajstić information content (AvgIpc) is 3.30. The Morgan fingerprint density at radius 3 is 2.50 bits per heavy atom. The van der Waals surface area contributed by atoms with Crippen molar-refractivity contribution >= 4 is 38.4 Å². The van der Waals surface area contributed by atoms with Gasteiger partial charge in [-0.1, -0.05) is 18.2 Å². The molecule has 3 heterocycles. The van der Waals surface area contributed by atoms with E-state index in [1.165, 1.54) is 30.6 Å². The Morgan fingerprint density at radius 2 is 1.81 bits per heavy atom. The van der Waals surface area contributed by atoms with Gasteiger partial charge in [0.05, 0.1) is 4.90 Å². The summed E-state index contributed by atoms with van der Waals surface area (Å²) in [5.74, 6) is -0.990. The zero-order valence-electron chi connectivity index (χ0n) is 13.2. The van der Waals surface area contributed by atoms with Gasteiger partial charge in [0.15, 0.2) is 5.65 Å². The number of benzene rings is 1. The van der Waals surface area contributed by atoms with Crippen LogP contribution in [0.1, 0.15) is 9.67 Å². The average molecular weight is 384 g/mol. The summed E-state index contributed by atoms with van der Waals surface area (Å²) in [6.07, 6.45) is 2.99. The normalized spacial score (nSPS) is 11.7. The van der Waals surface area contributed by atoms with Crippen molar-refractivity contribution in [2.75, 3.05) is 0 Å². The summed E-state index contributed by atoms with van der Waals surface area (Å²) >= 11 is 1.14. The van der Waals surface area contributed by atoms with Crippen molar-refractivity contribution < 1.29 is 18.3 Å². The number of hydrogen-bond acceptors (Lipinski definition) is 5. The predicted molar refractivity (Wildman–Crippen MR) is 99.0 cm³/mol. The summed E-state index contributed by atoms with van der Waals surface area (Å²) in [5, 5.41) is 9.75. The van der Waals surface area contributed by atoms with Crippen LogP contribution in [-0.4, -0.2) is 28.5 Å². The van der Waals surface area contributed by atoms with Gasteiger partial charge in [0, 0.05) is 28.2 Å². The van der Waals surface area contributed by atoms with Crippen molar-refractivity contribution in [3.8, 4) is 10.4 Å². The first-order valence-corrected chi connectivity index (χ1v) is 9.84. The van der Waals surface area contributed by atoms with Gasteiger partial charge in [0.1, 0.15) is 4.88 Å². The highest BCUT2D eigenvalue weighted by molar-refractivity contribution is 7.90. The fourth-order valence-corrected chi connectivity index (χ4v) is 4.93. The fourth-order valence-electron chi connectivity index (χ4n) is 2.73. The number of aromatic carboxylic acids is 1. The third-order valence-electron chi connectivity index (χ3n) is 3.94. The zero-order chi connectivity index (χ0) is 18.3. The molecule has 4 rings (SSSR count). The topological polar surface area (TPSA) is 89.3 Å². The van der Waals surface area contributed by atoms with Crippen molar-refractivity contribution in [1.82, 2.24) is 8.96 Å². The van der Waals surface area contributed by atoms with E-state index in [-0.39, 0.29) is 9.77 Å². The molecule has 0 saturated heterocycles. The van der Waals surface area contributed by atoms with E-state index in [1.54, 1.807) is 36.4 Å². The van der Waals surface area contributed by atoms with Crippen LogP contribution < -0.4 is 0 Å². The minimum atomic E-state index is -3.77. The summed E-state index contributed by atoms with van der Waals surface area (Å²) in [4.78, 5) is 16.5. The van der Waals surface area contributed by atoms with Crippen LogP contribution in [0.3, 0.4) is 0 Å². The molecular formula is C18H12N2O4S2. The number of rotatable bonds is 4. The first-order chi connectivity index (χ1) is 12.5. The summed E-state index contributed by atoms with van der Waals surface area (Å²) in [6.45, 7) is 0. The third-order valence-corrected chi connectivity index (χ3v) is 6.72. The monoisotopic (exact) mass is 384 g/mol.